The molecule has 0 aliphatic rings. The van der Waals surface area contributed by atoms with E-state index in [0.29, 0.717) is 12.2 Å². The van der Waals surface area contributed by atoms with Crippen LogP contribution >= 0.6 is 0 Å². The summed E-state index contributed by atoms with van der Waals surface area (Å²) in [6, 6.07) is 10.6. The van der Waals surface area contributed by atoms with E-state index in [9.17, 15) is 20.0 Å². The molecule has 0 atom stereocenters. The van der Waals surface area contributed by atoms with Gasteiger partial charge in [-0.1, -0.05) is 18.2 Å². The Labute approximate surface area is 120 Å². The number of amides is 1. The van der Waals surface area contributed by atoms with Crippen molar-refractivity contribution in [2.45, 2.75) is 6.54 Å². The van der Waals surface area contributed by atoms with E-state index in [1.54, 1.807) is 24.3 Å². The number of phenolic OH excluding ortho intramolecular Hbond substituents is 1. The molecular weight excluding hydrogens is 274 g/mol. The Kier molecular flexibility index (Phi) is 4.15. The van der Waals surface area contributed by atoms with Crippen LogP contribution in [-0.4, -0.2) is 15.9 Å². The molecule has 0 saturated carbocycles. The van der Waals surface area contributed by atoms with E-state index in [2.05, 4.69) is 5.32 Å². The van der Waals surface area contributed by atoms with E-state index in [-0.39, 0.29) is 5.56 Å². The fourth-order valence-corrected chi connectivity index (χ4v) is 1.78. The van der Waals surface area contributed by atoms with Gasteiger partial charge >= 0.3 is 5.69 Å². The van der Waals surface area contributed by atoms with Crippen molar-refractivity contribution in [3.63, 3.8) is 0 Å². The second-order valence-electron chi connectivity index (χ2n) is 4.29. The largest absolute Gasteiger partial charge is 0.502 e. The summed E-state index contributed by atoms with van der Waals surface area (Å²) in [5, 5.41) is 23.1. The maximum Gasteiger partial charge on any atom is 0.311 e. The predicted octanol–water partition coefficient (Wildman–Crippen LogP) is 2.01. The van der Waals surface area contributed by atoms with Gasteiger partial charge in [-0.3, -0.25) is 14.9 Å². The number of rotatable bonds is 4. The zero-order valence-electron chi connectivity index (χ0n) is 10.9. The summed E-state index contributed by atoms with van der Waals surface area (Å²) in [5.41, 5.74) is 6.21. The highest BCUT2D eigenvalue weighted by Gasteiger charge is 2.20. The summed E-state index contributed by atoms with van der Waals surface area (Å²) in [6.45, 7) is 0.389. The van der Waals surface area contributed by atoms with Crippen molar-refractivity contribution in [3.8, 4) is 5.75 Å². The Balaban J connectivity index is 2.24. The van der Waals surface area contributed by atoms with Crippen LogP contribution in [0.3, 0.4) is 0 Å². The van der Waals surface area contributed by atoms with E-state index in [4.69, 9.17) is 5.73 Å². The highest BCUT2D eigenvalue weighted by Crippen LogP contribution is 2.29. The number of nitrogens with zero attached hydrogens (tertiary/aromatic N) is 1. The molecule has 7 nitrogen and oxygen atoms in total. The van der Waals surface area contributed by atoms with Crippen LogP contribution in [0, 0.1) is 10.1 Å². The Morgan fingerprint density at radius 1 is 1.24 bits per heavy atom. The van der Waals surface area contributed by atoms with Gasteiger partial charge in [-0.05, 0) is 23.8 Å². The lowest BCUT2D eigenvalue weighted by Crippen LogP contribution is -2.12. The normalized spacial score (nSPS) is 10.1. The summed E-state index contributed by atoms with van der Waals surface area (Å²) < 4.78 is 0. The molecule has 0 fully saturated rings. The molecule has 0 bridgehead atoms. The third-order valence-corrected chi connectivity index (χ3v) is 2.90. The van der Waals surface area contributed by atoms with Crippen LogP contribution in [0.1, 0.15) is 15.9 Å². The van der Waals surface area contributed by atoms with Gasteiger partial charge in [0.1, 0.15) is 0 Å². The van der Waals surface area contributed by atoms with Crippen LogP contribution in [0.2, 0.25) is 0 Å². The van der Waals surface area contributed by atoms with Crippen molar-refractivity contribution >= 4 is 17.3 Å². The van der Waals surface area contributed by atoms with Gasteiger partial charge in [0.2, 0.25) is 5.75 Å². The third-order valence-electron chi connectivity index (χ3n) is 2.90. The topological polar surface area (TPSA) is 118 Å². The maximum atomic E-state index is 12.0. The van der Waals surface area contributed by atoms with Crippen LogP contribution < -0.4 is 11.1 Å². The first kappa shape index (κ1) is 14.5. The van der Waals surface area contributed by atoms with Crippen molar-refractivity contribution in [2.75, 3.05) is 5.32 Å². The summed E-state index contributed by atoms with van der Waals surface area (Å²) in [5.74, 6) is -1.28. The molecule has 0 spiro atoms. The quantitative estimate of drug-likeness (QED) is 0.587. The van der Waals surface area contributed by atoms with Crippen LogP contribution in [0.5, 0.6) is 5.75 Å². The van der Waals surface area contributed by atoms with Crippen LogP contribution in [0.25, 0.3) is 0 Å². The average Bonchev–Trinajstić information content (AvgIpc) is 2.47. The van der Waals surface area contributed by atoms with Crippen LogP contribution in [-0.2, 0) is 6.54 Å². The number of carbonyl (C=O) groups is 1. The second kappa shape index (κ2) is 6.02. The summed E-state index contributed by atoms with van der Waals surface area (Å²) >= 11 is 0. The first-order valence-electron chi connectivity index (χ1n) is 6.09. The third kappa shape index (κ3) is 3.15. The van der Waals surface area contributed by atoms with Crippen molar-refractivity contribution in [2.24, 2.45) is 5.73 Å². The fraction of sp³-hybridized carbons (Fsp3) is 0.0714. The molecule has 2 aromatic carbocycles. The number of nitro groups is 1. The first-order chi connectivity index (χ1) is 10.0. The molecule has 0 heterocycles. The monoisotopic (exact) mass is 287 g/mol. The number of hydrogen-bond acceptors (Lipinski definition) is 5. The molecule has 7 heteroatoms. The zero-order valence-corrected chi connectivity index (χ0v) is 10.9. The number of aromatic hydroxyl groups is 1. The Hall–Kier alpha value is -2.93. The Morgan fingerprint density at radius 2 is 1.90 bits per heavy atom. The molecule has 4 N–H and O–H groups in total. The Morgan fingerprint density at radius 3 is 2.48 bits per heavy atom. The number of anilines is 1. The number of carbonyl (C=O) groups excluding carboxylic acids is 1. The number of nitrogens with one attached hydrogen (secondary N) is 1. The molecule has 0 radical (unpaired) electrons. The number of para-hydroxylation sites is 1. The molecule has 108 valence electrons. The van der Waals surface area contributed by atoms with E-state index in [0.717, 1.165) is 11.6 Å². The number of phenols is 1. The standard InChI is InChI=1S/C14H13N3O4/c15-8-9-4-6-10(7-5-9)16-14(19)11-2-1-3-12(13(11)18)17(20)21/h1-7,18H,8,15H2,(H,16,19). The van der Waals surface area contributed by atoms with E-state index in [1.807, 2.05) is 0 Å². The lowest BCUT2D eigenvalue weighted by molar-refractivity contribution is -0.385. The molecule has 2 rings (SSSR count). The van der Waals surface area contributed by atoms with E-state index >= 15 is 0 Å². The molecule has 0 saturated heterocycles. The lowest BCUT2D eigenvalue weighted by Gasteiger charge is -2.07. The number of nitro benzene ring substituents is 1. The van der Waals surface area contributed by atoms with Crippen molar-refractivity contribution in [3.05, 3.63) is 63.7 Å². The molecule has 0 aromatic heterocycles. The van der Waals surface area contributed by atoms with Crippen molar-refractivity contribution < 1.29 is 14.8 Å². The van der Waals surface area contributed by atoms with Gasteiger partial charge in [-0.25, -0.2) is 0 Å². The van der Waals surface area contributed by atoms with E-state index < -0.39 is 22.3 Å². The molecule has 2 aromatic rings. The minimum Gasteiger partial charge on any atom is -0.502 e. The van der Waals surface area contributed by atoms with Gasteiger partial charge in [0.05, 0.1) is 10.5 Å². The Bertz CT molecular complexity index is 683. The van der Waals surface area contributed by atoms with Crippen molar-refractivity contribution in [1.29, 1.82) is 0 Å². The van der Waals surface area contributed by atoms with Crippen molar-refractivity contribution in [1.82, 2.24) is 0 Å². The SMILES string of the molecule is NCc1ccc(NC(=O)c2cccc([N+](=O)[O-])c2O)cc1. The molecule has 0 unspecified atom stereocenters. The number of nitrogens with two attached hydrogens (primary N) is 1. The average molecular weight is 287 g/mol. The minimum atomic E-state index is -0.748. The first-order valence-corrected chi connectivity index (χ1v) is 6.09. The van der Waals surface area contributed by atoms with Gasteiger partial charge in [-0.15, -0.1) is 0 Å². The minimum absolute atomic E-state index is 0.160. The number of hydrogen-bond donors (Lipinski definition) is 3. The van der Waals surface area contributed by atoms with Gasteiger partial charge in [0.25, 0.3) is 5.91 Å². The summed E-state index contributed by atoms with van der Waals surface area (Å²) in [4.78, 5) is 22.0. The molecule has 0 aliphatic heterocycles. The highest BCUT2D eigenvalue weighted by atomic mass is 16.6. The zero-order chi connectivity index (χ0) is 15.4. The second-order valence-corrected chi connectivity index (χ2v) is 4.29. The van der Waals surface area contributed by atoms with Crippen LogP contribution in [0.4, 0.5) is 11.4 Å². The van der Waals surface area contributed by atoms with Gasteiger partial charge in [0.15, 0.2) is 0 Å². The van der Waals surface area contributed by atoms with Gasteiger partial charge < -0.3 is 16.2 Å². The summed E-state index contributed by atoms with van der Waals surface area (Å²) in [7, 11) is 0. The fourth-order valence-electron chi connectivity index (χ4n) is 1.78. The molecule has 21 heavy (non-hydrogen) atoms. The molecule has 0 aliphatic carbocycles. The lowest BCUT2D eigenvalue weighted by atomic mass is 10.1. The van der Waals surface area contributed by atoms with Crippen LogP contribution in [0.15, 0.2) is 42.5 Å². The molecular formula is C14H13N3O4. The van der Waals surface area contributed by atoms with E-state index in [1.165, 1.54) is 12.1 Å². The van der Waals surface area contributed by atoms with Gasteiger partial charge in [0, 0.05) is 18.3 Å². The summed E-state index contributed by atoms with van der Waals surface area (Å²) in [6.07, 6.45) is 0. The highest BCUT2D eigenvalue weighted by molar-refractivity contribution is 6.06. The smallest absolute Gasteiger partial charge is 0.311 e. The molecule has 1 amide bonds. The maximum absolute atomic E-state index is 12.0. The number of benzene rings is 2. The van der Waals surface area contributed by atoms with Gasteiger partial charge in [-0.2, -0.15) is 0 Å². The predicted molar refractivity (Wildman–Crippen MR) is 77.0 cm³/mol.